The summed E-state index contributed by atoms with van der Waals surface area (Å²) >= 11 is 1.47. The summed E-state index contributed by atoms with van der Waals surface area (Å²) in [4.78, 5) is 12.1. The Labute approximate surface area is 148 Å². The van der Waals surface area contributed by atoms with Crippen LogP contribution in [0, 0.1) is 0 Å². The van der Waals surface area contributed by atoms with Gasteiger partial charge in [0.1, 0.15) is 5.01 Å². The highest BCUT2D eigenvalue weighted by Crippen LogP contribution is 2.22. The lowest BCUT2D eigenvalue weighted by atomic mass is 9.86. The van der Waals surface area contributed by atoms with Gasteiger partial charge < -0.3 is 5.32 Å². The van der Waals surface area contributed by atoms with Crippen molar-refractivity contribution in [2.45, 2.75) is 65.2 Å². The molecule has 0 unspecified atom stereocenters. The second kappa shape index (κ2) is 8.38. The highest BCUT2D eigenvalue weighted by molar-refractivity contribution is 7.15. The fourth-order valence-electron chi connectivity index (χ4n) is 2.34. The lowest BCUT2D eigenvalue weighted by Crippen LogP contribution is -2.13. The zero-order valence-electron chi connectivity index (χ0n) is 15.1. The summed E-state index contributed by atoms with van der Waals surface area (Å²) in [7, 11) is 0. The minimum absolute atomic E-state index is 0.00640. The smallest absolute Gasteiger partial charge is 0.226 e. The van der Waals surface area contributed by atoms with Gasteiger partial charge in [0.25, 0.3) is 0 Å². The Hall–Kier alpha value is -1.75. The van der Waals surface area contributed by atoms with Crippen LogP contribution >= 0.6 is 11.3 Å². The van der Waals surface area contributed by atoms with E-state index in [1.165, 1.54) is 22.5 Å². The van der Waals surface area contributed by atoms with Gasteiger partial charge in [0.05, 0.1) is 0 Å². The number of aryl methyl sites for hydroxylation is 2. The zero-order chi connectivity index (χ0) is 17.6. The monoisotopic (exact) mass is 345 g/mol. The first-order chi connectivity index (χ1) is 11.4. The summed E-state index contributed by atoms with van der Waals surface area (Å²) in [6.07, 6.45) is 4.36. The van der Waals surface area contributed by atoms with Crippen LogP contribution in [0.1, 0.15) is 63.1 Å². The molecule has 2 aromatic rings. The highest BCUT2D eigenvalue weighted by Gasteiger charge is 2.13. The van der Waals surface area contributed by atoms with Gasteiger partial charge in [-0.05, 0) is 29.4 Å². The molecule has 1 heterocycles. The second-order valence-corrected chi connectivity index (χ2v) is 8.16. The Morgan fingerprint density at radius 3 is 2.46 bits per heavy atom. The molecule has 0 aliphatic carbocycles. The van der Waals surface area contributed by atoms with Crippen LogP contribution in [-0.4, -0.2) is 16.1 Å². The van der Waals surface area contributed by atoms with E-state index in [4.69, 9.17) is 0 Å². The van der Waals surface area contributed by atoms with Crippen LogP contribution in [0.3, 0.4) is 0 Å². The Kier molecular flexibility index (Phi) is 6.49. The molecular formula is C19H27N3OS. The maximum atomic E-state index is 12.1. The van der Waals surface area contributed by atoms with E-state index in [1.54, 1.807) is 0 Å². The summed E-state index contributed by atoms with van der Waals surface area (Å²) in [6.45, 7) is 8.75. The molecule has 0 saturated carbocycles. The van der Waals surface area contributed by atoms with Gasteiger partial charge in [-0.1, -0.05) is 69.7 Å². The molecular weight excluding hydrogens is 318 g/mol. The maximum Gasteiger partial charge on any atom is 0.226 e. The lowest BCUT2D eigenvalue weighted by Gasteiger charge is -2.19. The molecule has 4 nitrogen and oxygen atoms in total. The van der Waals surface area contributed by atoms with Crippen molar-refractivity contribution in [1.29, 1.82) is 0 Å². The zero-order valence-corrected chi connectivity index (χ0v) is 15.9. The van der Waals surface area contributed by atoms with Gasteiger partial charge in [0.2, 0.25) is 11.0 Å². The quantitative estimate of drug-likeness (QED) is 0.788. The summed E-state index contributed by atoms with van der Waals surface area (Å²) < 4.78 is 0. The van der Waals surface area contributed by atoms with Crippen molar-refractivity contribution in [3.63, 3.8) is 0 Å². The second-order valence-electron chi connectivity index (χ2n) is 7.10. The van der Waals surface area contributed by atoms with Gasteiger partial charge in [0.15, 0.2) is 0 Å². The summed E-state index contributed by atoms with van der Waals surface area (Å²) in [5.41, 5.74) is 2.65. The summed E-state index contributed by atoms with van der Waals surface area (Å²) in [5.74, 6) is -0.00640. The average Bonchev–Trinajstić information content (AvgIpc) is 2.98. The SMILES string of the molecule is CCCCc1nnc(NC(=O)CCc2ccc(C(C)(C)C)cc2)s1. The number of nitrogens with zero attached hydrogens (tertiary/aromatic N) is 2. The van der Waals surface area contributed by atoms with E-state index in [1.807, 2.05) is 0 Å². The fourth-order valence-corrected chi connectivity index (χ4v) is 3.14. The molecule has 0 atom stereocenters. The molecule has 1 N–H and O–H groups in total. The van der Waals surface area contributed by atoms with Crippen LogP contribution in [0.5, 0.6) is 0 Å². The van der Waals surface area contributed by atoms with Crippen LogP contribution in [0.25, 0.3) is 0 Å². The number of nitrogens with one attached hydrogen (secondary N) is 1. The van der Waals surface area contributed by atoms with E-state index >= 15 is 0 Å². The number of hydrogen-bond acceptors (Lipinski definition) is 4. The number of carbonyl (C=O) groups is 1. The first-order valence-corrected chi connectivity index (χ1v) is 9.42. The number of benzene rings is 1. The van der Waals surface area contributed by atoms with Crippen LogP contribution in [0.2, 0.25) is 0 Å². The van der Waals surface area contributed by atoms with E-state index in [0.29, 0.717) is 11.6 Å². The van der Waals surface area contributed by atoms with Crippen LogP contribution < -0.4 is 5.32 Å². The first-order valence-electron chi connectivity index (χ1n) is 8.60. The van der Waals surface area contributed by atoms with E-state index in [-0.39, 0.29) is 11.3 Å². The van der Waals surface area contributed by atoms with Crippen molar-refractivity contribution in [1.82, 2.24) is 10.2 Å². The minimum Gasteiger partial charge on any atom is -0.301 e. The largest absolute Gasteiger partial charge is 0.301 e. The number of hydrogen-bond donors (Lipinski definition) is 1. The van der Waals surface area contributed by atoms with Crippen LogP contribution in [-0.2, 0) is 23.1 Å². The molecule has 0 aliphatic heterocycles. The molecule has 2 rings (SSSR count). The van der Waals surface area contributed by atoms with E-state index in [9.17, 15) is 4.79 Å². The van der Waals surface area contributed by atoms with Gasteiger partial charge in [-0.25, -0.2) is 0 Å². The van der Waals surface area contributed by atoms with Crippen LogP contribution in [0.4, 0.5) is 5.13 Å². The lowest BCUT2D eigenvalue weighted by molar-refractivity contribution is -0.116. The van der Waals surface area contributed by atoms with Gasteiger partial charge >= 0.3 is 0 Å². The van der Waals surface area contributed by atoms with Crippen molar-refractivity contribution in [3.05, 3.63) is 40.4 Å². The number of rotatable bonds is 7. The Morgan fingerprint density at radius 2 is 1.83 bits per heavy atom. The molecule has 0 spiro atoms. The third-order valence-electron chi connectivity index (χ3n) is 3.92. The molecule has 24 heavy (non-hydrogen) atoms. The summed E-state index contributed by atoms with van der Waals surface area (Å²) in [6, 6.07) is 8.53. The molecule has 5 heteroatoms. The van der Waals surface area contributed by atoms with Crippen molar-refractivity contribution in [3.8, 4) is 0 Å². The third kappa shape index (κ3) is 5.71. The third-order valence-corrected chi connectivity index (χ3v) is 4.82. The number of unbranched alkanes of at least 4 members (excludes halogenated alkanes) is 1. The fraction of sp³-hybridized carbons (Fsp3) is 0.526. The Bertz CT molecular complexity index is 656. The van der Waals surface area contributed by atoms with E-state index in [0.717, 1.165) is 30.7 Å². The standard InChI is InChI=1S/C19H27N3OS/c1-5-6-7-17-21-22-18(24-17)20-16(23)13-10-14-8-11-15(12-9-14)19(2,3)4/h8-9,11-12H,5-7,10,13H2,1-4H3,(H,20,22,23). The van der Waals surface area contributed by atoms with Gasteiger partial charge in [0, 0.05) is 12.8 Å². The molecule has 0 aliphatic rings. The van der Waals surface area contributed by atoms with Gasteiger partial charge in [-0.3, -0.25) is 4.79 Å². The number of aromatic nitrogens is 2. The highest BCUT2D eigenvalue weighted by atomic mass is 32.1. The predicted molar refractivity (Wildman–Crippen MR) is 101 cm³/mol. The molecule has 1 aromatic heterocycles. The number of anilines is 1. The average molecular weight is 346 g/mol. The molecule has 0 bridgehead atoms. The molecule has 130 valence electrons. The molecule has 1 amide bonds. The molecule has 0 saturated heterocycles. The van der Waals surface area contributed by atoms with Gasteiger partial charge in [-0.2, -0.15) is 0 Å². The topological polar surface area (TPSA) is 54.9 Å². The van der Waals surface area contributed by atoms with E-state index in [2.05, 4.69) is 67.5 Å². The molecule has 0 fully saturated rings. The number of carbonyl (C=O) groups excluding carboxylic acids is 1. The number of amides is 1. The minimum atomic E-state index is -0.00640. The Morgan fingerprint density at radius 1 is 1.12 bits per heavy atom. The van der Waals surface area contributed by atoms with Gasteiger partial charge in [-0.15, -0.1) is 10.2 Å². The van der Waals surface area contributed by atoms with Crippen LogP contribution in [0.15, 0.2) is 24.3 Å². The summed E-state index contributed by atoms with van der Waals surface area (Å²) in [5, 5.41) is 12.6. The van der Waals surface area contributed by atoms with Crippen molar-refractivity contribution < 1.29 is 4.79 Å². The van der Waals surface area contributed by atoms with E-state index < -0.39 is 0 Å². The van der Waals surface area contributed by atoms with Crippen molar-refractivity contribution >= 4 is 22.4 Å². The molecule has 1 aromatic carbocycles. The van der Waals surface area contributed by atoms with Crippen molar-refractivity contribution in [2.75, 3.05) is 5.32 Å². The first kappa shape index (κ1) is 18.6. The maximum absolute atomic E-state index is 12.1. The molecule has 0 radical (unpaired) electrons. The van der Waals surface area contributed by atoms with Crippen molar-refractivity contribution in [2.24, 2.45) is 0 Å². The normalized spacial score (nSPS) is 11.5. The predicted octanol–water partition coefficient (Wildman–Crippen LogP) is 4.75. The Balaban J connectivity index is 1.81.